The molecule has 3 nitrogen and oxygen atoms in total. The molecule has 0 saturated carbocycles. The molecule has 0 saturated heterocycles. The van der Waals surface area contributed by atoms with Crippen LogP contribution in [0, 0.1) is 5.92 Å². The topological polar surface area (TPSA) is 52.3 Å². The van der Waals surface area contributed by atoms with Crippen molar-refractivity contribution in [2.45, 2.75) is 6.92 Å². The van der Waals surface area contributed by atoms with Gasteiger partial charge in [0.2, 0.25) is 0 Å². The molecule has 1 aliphatic carbocycles. The maximum atomic E-state index is 11.2. The quantitative estimate of drug-likeness (QED) is 0.614. The first-order valence-corrected chi connectivity index (χ1v) is 4.09. The molecule has 0 heterocycles. The SMILES string of the molecule is COC(=O)C1=CC=CC(C)C=C1N. The van der Waals surface area contributed by atoms with Crippen molar-refractivity contribution >= 4 is 5.97 Å². The summed E-state index contributed by atoms with van der Waals surface area (Å²) < 4.78 is 4.59. The predicted octanol–water partition coefficient (Wildman–Crippen LogP) is 1.13. The van der Waals surface area contributed by atoms with E-state index in [4.69, 9.17) is 5.73 Å². The molecule has 70 valence electrons. The Kier molecular flexibility index (Phi) is 2.90. The summed E-state index contributed by atoms with van der Waals surface area (Å²) in [6.07, 6.45) is 7.27. The number of nitrogens with two attached hydrogens (primary N) is 1. The maximum absolute atomic E-state index is 11.2. The minimum absolute atomic E-state index is 0.249. The molecule has 0 radical (unpaired) electrons. The molecule has 0 fully saturated rings. The van der Waals surface area contributed by atoms with E-state index in [9.17, 15) is 4.79 Å². The first-order valence-electron chi connectivity index (χ1n) is 4.09. The van der Waals surface area contributed by atoms with E-state index >= 15 is 0 Å². The van der Waals surface area contributed by atoms with Crippen molar-refractivity contribution in [1.82, 2.24) is 0 Å². The molecule has 1 atom stereocenters. The van der Waals surface area contributed by atoms with Gasteiger partial charge in [0.25, 0.3) is 0 Å². The van der Waals surface area contributed by atoms with Crippen LogP contribution in [0.1, 0.15) is 6.92 Å². The van der Waals surface area contributed by atoms with Gasteiger partial charge in [-0.2, -0.15) is 0 Å². The van der Waals surface area contributed by atoms with Gasteiger partial charge in [0.05, 0.1) is 12.7 Å². The van der Waals surface area contributed by atoms with E-state index in [1.165, 1.54) is 7.11 Å². The Balaban J connectivity index is 2.97. The Labute approximate surface area is 77.6 Å². The summed E-state index contributed by atoms with van der Waals surface area (Å²) in [4.78, 5) is 11.2. The van der Waals surface area contributed by atoms with Crippen molar-refractivity contribution < 1.29 is 9.53 Å². The average Bonchev–Trinajstić information content (AvgIpc) is 2.25. The van der Waals surface area contributed by atoms with E-state index < -0.39 is 5.97 Å². The van der Waals surface area contributed by atoms with Crippen LogP contribution in [0.25, 0.3) is 0 Å². The monoisotopic (exact) mass is 179 g/mol. The van der Waals surface area contributed by atoms with Gasteiger partial charge in [-0.15, -0.1) is 0 Å². The van der Waals surface area contributed by atoms with Crippen LogP contribution in [0.3, 0.4) is 0 Å². The fraction of sp³-hybridized carbons (Fsp3) is 0.300. The van der Waals surface area contributed by atoms with Gasteiger partial charge in [-0.1, -0.05) is 25.2 Å². The second kappa shape index (κ2) is 3.94. The number of allylic oxidation sites excluding steroid dienone is 4. The van der Waals surface area contributed by atoms with Crippen LogP contribution in [0.5, 0.6) is 0 Å². The van der Waals surface area contributed by atoms with Gasteiger partial charge >= 0.3 is 5.97 Å². The van der Waals surface area contributed by atoms with Gasteiger partial charge in [0.1, 0.15) is 0 Å². The fourth-order valence-electron chi connectivity index (χ4n) is 1.15. The zero-order chi connectivity index (χ0) is 9.84. The van der Waals surface area contributed by atoms with Crippen LogP contribution in [0.15, 0.2) is 35.6 Å². The van der Waals surface area contributed by atoms with Crippen LogP contribution in [0.2, 0.25) is 0 Å². The number of methoxy groups -OCH3 is 1. The summed E-state index contributed by atoms with van der Waals surface area (Å²) in [6, 6.07) is 0. The number of hydrogen-bond acceptors (Lipinski definition) is 3. The summed E-state index contributed by atoms with van der Waals surface area (Å²) in [5.41, 5.74) is 6.59. The van der Waals surface area contributed by atoms with Crippen molar-refractivity contribution in [1.29, 1.82) is 0 Å². The van der Waals surface area contributed by atoms with E-state index in [1.807, 2.05) is 25.2 Å². The third-order valence-corrected chi connectivity index (χ3v) is 1.84. The smallest absolute Gasteiger partial charge is 0.339 e. The summed E-state index contributed by atoms with van der Waals surface area (Å²) in [7, 11) is 1.34. The Bertz CT molecular complexity index is 300. The molecule has 0 aliphatic heterocycles. The zero-order valence-electron chi connectivity index (χ0n) is 7.78. The number of ether oxygens (including phenoxy) is 1. The minimum Gasteiger partial charge on any atom is -0.465 e. The molecule has 1 unspecified atom stereocenters. The summed E-state index contributed by atoms with van der Waals surface area (Å²) in [5, 5.41) is 0. The van der Waals surface area contributed by atoms with Gasteiger partial charge in [-0.05, 0) is 12.0 Å². The summed E-state index contributed by atoms with van der Waals surface area (Å²) in [5.74, 6) is -0.147. The molecular formula is C10H13NO2. The molecular weight excluding hydrogens is 166 g/mol. The number of esters is 1. The number of carbonyl (C=O) groups excluding carboxylic acids is 1. The van der Waals surface area contributed by atoms with Crippen LogP contribution < -0.4 is 5.73 Å². The van der Waals surface area contributed by atoms with Crippen LogP contribution in [-0.2, 0) is 9.53 Å². The molecule has 3 heteroatoms. The van der Waals surface area contributed by atoms with Crippen molar-refractivity contribution in [2.24, 2.45) is 11.7 Å². The largest absolute Gasteiger partial charge is 0.465 e. The molecule has 0 aromatic heterocycles. The van der Waals surface area contributed by atoms with Crippen LogP contribution >= 0.6 is 0 Å². The molecule has 0 bridgehead atoms. The Morgan fingerprint density at radius 1 is 1.62 bits per heavy atom. The zero-order valence-corrected chi connectivity index (χ0v) is 7.78. The second-order valence-electron chi connectivity index (χ2n) is 2.94. The molecule has 0 aromatic carbocycles. The summed E-state index contributed by atoms with van der Waals surface area (Å²) in [6.45, 7) is 2.00. The predicted molar refractivity (Wildman–Crippen MR) is 50.7 cm³/mol. The van der Waals surface area contributed by atoms with Gasteiger partial charge in [-0.25, -0.2) is 4.79 Å². The molecule has 1 rings (SSSR count). The molecule has 1 aliphatic rings. The van der Waals surface area contributed by atoms with E-state index in [1.54, 1.807) is 6.08 Å². The van der Waals surface area contributed by atoms with Crippen LogP contribution in [-0.4, -0.2) is 13.1 Å². The number of carbonyl (C=O) groups is 1. The Morgan fingerprint density at radius 2 is 2.31 bits per heavy atom. The standard InChI is InChI=1S/C10H13NO2/c1-7-4-3-5-8(9(11)6-7)10(12)13-2/h3-7H,11H2,1-2H3. The Morgan fingerprint density at radius 3 is 2.92 bits per heavy atom. The summed E-state index contributed by atoms with van der Waals surface area (Å²) >= 11 is 0. The minimum atomic E-state index is -0.396. The first-order chi connectivity index (χ1) is 6.15. The van der Waals surface area contributed by atoms with Crippen molar-refractivity contribution in [3.63, 3.8) is 0 Å². The highest BCUT2D eigenvalue weighted by molar-refractivity contribution is 5.93. The lowest BCUT2D eigenvalue weighted by Crippen LogP contribution is -2.12. The maximum Gasteiger partial charge on any atom is 0.339 e. The lowest BCUT2D eigenvalue weighted by atomic mass is 10.1. The molecule has 13 heavy (non-hydrogen) atoms. The van der Waals surface area contributed by atoms with Gasteiger partial charge < -0.3 is 10.5 Å². The molecule has 0 amide bonds. The lowest BCUT2D eigenvalue weighted by Gasteiger charge is -2.04. The first kappa shape index (κ1) is 9.58. The second-order valence-corrected chi connectivity index (χ2v) is 2.94. The molecule has 0 spiro atoms. The highest BCUT2D eigenvalue weighted by Gasteiger charge is 2.13. The fourth-order valence-corrected chi connectivity index (χ4v) is 1.15. The third kappa shape index (κ3) is 2.21. The van der Waals surface area contributed by atoms with Gasteiger partial charge in [0, 0.05) is 5.70 Å². The van der Waals surface area contributed by atoms with Crippen LogP contribution in [0.4, 0.5) is 0 Å². The van der Waals surface area contributed by atoms with E-state index in [2.05, 4.69) is 4.74 Å². The highest BCUT2D eigenvalue weighted by Crippen LogP contribution is 2.14. The van der Waals surface area contributed by atoms with E-state index in [-0.39, 0.29) is 5.92 Å². The highest BCUT2D eigenvalue weighted by atomic mass is 16.5. The van der Waals surface area contributed by atoms with Gasteiger partial charge in [-0.3, -0.25) is 0 Å². The molecule has 0 aromatic rings. The van der Waals surface area contributed by atoms with E-state index in [0.29, 0.717) is 11.3 Å². The van der Waals surface area contributed by atoms with E-state index in [0.717, 1.165) is 0 Å². The third-order valence-electron chi connectivity index (χ3n) is 1.84. The lowest BCUT2D eigenvalue weighted by molar-refractivity contribution is -0.135. The number of hydrogen-bond donors (Lipinski definition) is 1. The molecule has 2 N–H and O–H groups in total. The number of rotatable bonds is 1. The van der Waals surface area contributed by atoms with Crippen molar-refractivity contribution in [3.8, 4) is 0 Å². The van der Waals surface area contributed by atoms with Crippen molar-refractivity contribution in [2.75, 3.05) is 7.11 Å². The normalized spacial score (nSPS) is 21.5. The average molecular weight is 179 g/mol. The van der Waals surface area contributed by atoms with Crippen molar-refractivity contribution in [3.05, 3.63) is 35.6 Å². The Hall–Kier alpha value is -1.51. The van der Waals surface area contributed by atoms with Gasteiger partial charge in [0.15, 0.2) is 0 Å².